The summed E-state index contributed by atoms with van der Waals surface area (Å²) in [5.41, 5.74) is 2.91. The van der Waals surface area contributed by atoms with Crippen molar-refractivity contribution in [3.8, 4) is 6.07 Å². The summed E-state index contributed by atoms with van der Waals surface area (Å²) in [7, 11) is 0. The van der Waals surface area contributed by atoms with Crippen molar-refractivity contribution in [1.82, 2.24) is 5.32 Å². The highest BCUT2D eigenvalue weighted by molar-refractivity contribution is 5.95. The van der Waals surface area contributed by atoms with Gasteiger partial charge in [-0.25, -0.2) is 0 Å². The molecule has 0 saturated carbocycles. The van der Waals surface area contributed by atoms with Gasteiger partial charge in [0.25, 0.3) is 0 Å². The Morgan fingerprint density at radius 1 is 1.03 bits per heavy atom. The number of hydrogen-bond acceptors (Lipinski definition) is 5. The first kappa shape index (κ1) is 22.3. The molecule has 0 radical (unpaired) electrons. The Balaban J connectivity index is 1.45. The van der Waals surface area contributed by atoms with E-state index in [4.69, 9.17) is 10.00 Å². The number of nitrogens with zero attached hydrogens (tertiary/aromatic N) is 3. The Labute approximate surface area is 183 Å². The predicted molar refractivity (Wildman–Crippen MR) is 120 cm³/mol. The third-order valence-corrected chi connectivity index (χ3v) is 5.18. The average molecular weight is 421 g/mol. The van der Waals surface area contributed by atoms with E-state index in [1.165, 1.54) is 0 Å². The van der Waals surface area contributed by atoms with Crippen LogP contribution in [0.25, 0.3) is 0 Å². The molecule has 0 spiro atoms. The lowest BCUT2D eigenvalue weighted by molar-refractivity contribution is -0.125. The van der Waals surface area contributed by atoms with E-state index in [0.717, 1.165) is 43.2 Å². The molecule has 7 nitrogen and oxygen atoms in total. The number of rotatable bonds is 9. The number of carbonyl (C=O) groups excluding carboxylic acids is 2. The minimum absolute atomic E-state index is 0.0993. The quantitative estimate of drug-likeness (QED) is 0.674. The Hall–Kier alpha value is -3.37. The number of amides is 2. The molecule has 0 aromatic heterocycles. The van der Waals surface area contributed by atoms with Crippen molar-refractivity contribution in [1.29, 1.82) is 5.26 Å². The highest BCUT2D eigenvalue weighted by Crippen LogP contribution is 2.17. The van der Waals surface area contributed by atoms with Crippen molar-refractivity contribution < 1.29 is 14.3 Å². The lowest BCUT2D eigenvalue weighted by atomic mass is 10.1. The number of benzene rings is 2. The highest BCUT2D eigenvalue weighted by atomic mass is 16.5. The maximum atomic E-state index is 12.6. The molecule has 2 aromatic carbocycles. The van der Waals surface area contributed by atoms with Crippen LogP contribution in [0.1, 0.15) is 24.8 Å². The van der Waals surface area contributed by atoms with Crippen LogP contribution in [-0.2, 0) is 20.9 Å². The first-order valence-corrected chi connectivity index (χ1v) is 10.6. The zero-order valence-electron chi connectivity index (χ0n) is 17.6. The zero-order chi connectivity index (χ0) is 21.9. The largest absolute Gasteiger partial charge is 0.378 e. The fourth-order valence-electron chi connectivity index (χ4n) is 3.46. The van der Waals surface area contributed by atoms with Crippen LogP contribution in [0.3, 0.4) is 0 Å². The van der Waals surface area contributed by atoms with Gasteiger partial charge in [0.2, 0.25) is 11.8 Å². The summed E-state index contributed by atoms with van der Waals surface area (Å²) < 4.78 is 5.38. The summed E-state index contributed by atoms with van der Waals surface area (Å²) >= 11 is 0. The molecule has 1 aliphatic rings. The second kappa shape index (κ2) is 11.7. The van der Waals surface area contributed by atoms with Crippen molar-refractivity contribution >= 4 is 23.2 Å². The van der Waals surface area contributed by atoms with Gasteiger partial charge in [0.1, 0.15) is 0 Å². The summed E-state index contributed by atoms with van der Waals surface area (Å²) in [6.07, 6.45) is 0.454. The van der Waals surface area contributed by atoms with E-state index in [1.54, 1.807) is 4.90 Å². The maximum absolute atomic E-state index is 12.6. The molecular formula is C24H28N4O3. The predicted octanol–water partition coefficient (Wildman–Crippen LogP) is 2.87. The van der Waals surface area contributed by atoms with E-state index >= 15 is 0 Å². The van der Waals surface area contributed by atoms with Gasteiger partial charge in [0.15, 0.2) is 0 Å². The number of hydrogen-bond donors (Lipinski definition) is 1. The van der Waals surface area contributed by atoms with Crippen molar-refractivity contribution in [3.63, 3.8) is 0 Å². The molecule has 1 N–H and O–H groups in total. The molecule has 2 amide bonds. The van der Waals surface area contributed by atoms with Gasteiger partial charge >= 0.3 is 0 Å². The van der Waals surface area contributed by atoms with E-state index in [0.29, 0.717) is 13.1 Å². The van der Waals surface area contributed by atoms with Crippen LogP contribution in [0.5, 0.6) is 0 Å². The molecule has 1 fully saturated rings. The minimum atomic E-state index is -0.168. The number of nitriles is 1. The van der Waals surface area contributed by atoms with Crippen LogP contribution < -0.4 is 15.1 Å². The Morgan fingerprint density at radius 2 is 1.74 bits per heavy atom. The molecule has 2 aromatic rings. The standard InChI is InChI=1S/C24H28N4O3/c25-13-4-14-28(22-5-2-1-3-6-22)24(30)12-11-23(29)26-19-20-7-9-21(10-8-20)27-15-17-31-18-16-27/h1-3,5-10H,4,11-12,14-19H2,(H,26,29). The number of carbonyl (C=O) groups is 2. The molecule has 0 unspecified atom stereocenters. The third-order valence-electron chi connectivity index (χ3n) is 5.18. The van der Waals surface area contributed by atoms with Gasteiger partial charge in [-0.1, -0.05) is 30.3 Å². The molecule has 162 valence electrons. The number of nitrogens with one attached hydrogen (secondary N) is 1. The minimum Gasteiger partial charge on any atom is -0.378 e. The fraction of sp³-hybridized carbons (Fsp3) is 0.375. The van der Waals surface area contributed by atoms with Gasteiger partial charge in [-0.15, -0.1) is 0 Å². The van der Waals surface area contributed by atoms with E-state index in [9.17, 15) is 9.59 Å². The van der Waals surface area contributed by atoms with Crippen LogP contribution in [0.2, 0.25) is 0 Å². The lowest BCUT2D eigenvalue weighted by Gasteiger charge is -2.28. The first-order valence-electron chi connectivity index (χ1n) is 10.6. The smallest absolute Gasteiger partial charge is 0.227 e. The first-order chi connectivity index (χ1) is 15.2. The number of morpholine rings is 1. The second-order valence-corrected chi connectivity index (χ2v) is 7.33. The van der Waals surface area contributed by atoms with Gasteiger partial charge < -0.3 is 19.9 Å². The van der Waals surface area contributed by atoms with E-state index in [1.807, 2.05) is 42.5 Å². The number of ether oxygens (including phenoxy) is 1. The zero-order valence-corrected chi connectivity index (χ0v) is 17.6. The fourth-order valence-corrected chi connectivity index (χ4v) is 3.46. The van der Waals surface area contributed by atoms with Crippen LogP contribution >= 0.6 is 0 Å². The highest BCUT2D eigenvalue weighted by Gasteiger charge is 2.17. The van der Waals surface area contributed by atoms with Crippen LogP contribution in [-0.4, -0.2) is 44.7 Å². The van der Waals surface area contributed by atoms with Crippen LogP contribution in [0.4, 0.5) is 11.4 Å². The lowest BCUT2D eigenvalue weighted by Crippen LogP contribution is -2.36. The monoisotopic (exact) mass is 420 g/mol. The molecule has 31 heavy (non-hydrogen) atoms. The molecule has 1 aliphatic heterocycles. The van der Waals surface area contributed by atoms with Gasteiger partial charge in [-0.3, -0.25) is 9.59 Å². The Kier molecular flexibility index (Phi) is 8.44. The van der Waals surface area contributed by atoms with Crippen molar-refractivity contribution in [2.75, 3.05) is 42.6 Å². The molecule has 0 bridgehead atoms. The van der Waals surface area contributed by atoms with Crippen molar-refractivity contribution in [2.24, 2.45) is 0 Å². The summed E-state index contributed by atoms with van der Waals surface area (Å²) in [5.74, 6) is -0.328. The summed E-state index contributed by atoms with van der Waals surface area (Å²) in [6, 6.07) is 19.4. The molecule has 1 saturated heterocycles. The van der Waals surface area contributed by atoms with Gasteiger partial charge in [0, 0.05) is 50.4 Å². The number of para-hydroxylation sites is 1. The van der Waals surface area contributed by atoms with E-state index < -0.39 is 0 Å². The van der Waals surface area contributed by atoms with E-state index in [-0.39, 0.29) is 31.1 Å². The van der Waals surface area contributed by atoms with E-state index in [2.05, 4.69) is 28.4 Å². The average Bonchev–Trinajstić information content (AvgIpc) is 2.83. The molecule has 0 aliphatic carbocycles. The van der Waals surface area contributed by atoms with Gasteiger partial charge in [-0.05, 0) is 29.8 Å². The van der Waals surface area contributed by atoms with Crippen LogP contribution in [0, 0.1) is 11.3 Å². The Morgan fingerprint density at radius 3 is 2.42 bits per heavy atom. The van der Waals surface area contributed by atoms with Gasteiger partial charge in [-0.2, -0.15) is 5.26 Å². The molecule has 3 rings (SSSR count). The van der Waals surface area contributed by atoms with Gasteiger partial charge in [0.05, 0.1) is 25.7 Å². The molecule has 0 atom stereocenters. The van der Waals surface area contributed by atoms with Crippen molar-refractivity contribution in [2.45, 2.75) is 25.8 Å². The molecular weight excluding hydrogens is 392 g/mol. The SMILES string of the molecule is N#CCCN(C(=O)CCC(=O)NCc1ccc(N2CCOCC2)cc1)c1ccccc1. The normalized spacial score (nSPS) is 13.3. The van der Waals surface area contributed by atoms with Crippen molar-refractivity contribution in [3.05, 3.63) is 60.2 Å². The summed E-state index contributed by atoms with van der Waals surface area (Å²) in [4.78, 5) is 28.7. The molecule has 7 heteroatoms. The maximum Gasteiger partial charge on any atom is 0.227 e. The topological polar surface area (TPSA) is 85.7 Å². The number of anilines is 2. The third kappa shape index (κ3) is 6.83. The Bertz CT molecular complexity index is 887. The second-order valence-electron chi connectivity index (χ2n) is 7.33. The van der Waals surface area contributed by atoms with Crippen LogP contribution in [0.15, 0.2) is 54.6 Å². The molecule has 1 heterocycles. The summed E-state index contributed by atoms with van der Waals surface area (Å²) in [5, 5.41) is 11.8. The summed E-state index contributed by atoms with van der Waals surface area (Å²) in [6.45, 7) is 4.00.